The molecule has 0 saturated heterocycles. The van der Waals surface area contributed by atoms with Crippen molar-refractivity contribution >= 4 is 18.5 Å². The van der Waals surface area contributed by atoms with Crippen LogP contribution in [-0.2, 0) is 0 Å². The molecule has 108 valence electrons. The third kappa shape index (κ3) is 10.8. The van der Waals surface area contributed by atoms with Crippen molar-refractivity contribution in [1.82, 2.24) is 5.32 Å². The summed E-state index contributed by atoms with van der Waals surface area (Å²) in [5.74, 6) is 0. The van der Waals surface area contributed by atoms with Gasteiger partial charge in [0.05, 0.1) is 0 Å². The zero-order valence-electron chi connectivity index (χ0n) is 12.1. The van der Waals surface area contributed by atoms with Gasteiger partial charge < -0.3 is 5.32 Å². The Morgan fingerprint density at radius 3 is 2.37 bits per heavy atom. The Morgan fingerprint density at radius 2 is 1.63 bits per heavy atom. The minimum Gasteiger partial charge on any atom is -0.313 e. The van der Waals surface area contributed by atoms with Crippen molar-refractivity contribution in [2.75, 3.05) is 13.1 Å². The fourth-order valence-electron chi connectivity index (χ4n) is 1.97. The first-order valence-electron chi connectivity index (χ1n) is 7.36. The van der Waals surface area contributed by atoms with Crippen LogP contribution < -0.4 is 5.32 Å². The predicted octanol–water partition coefficient (Wildman–Crippen LogP) is 5.07. The molecule has 0 unspecified atom stereocenters. The molecule has 1 rings (SSSR count). The highest BCUT2D eigenvalue weighted by molar-refractivity contribution is 5.85. The molecular weight excluding hydrogens is 254 g/mol. The lowest BCUT2D eigenvalue weighted by atomic mass is 10.1. The van der Waals surface area contributed by atoms with Gasteiger partial charge in [-0.05, 0) is 18.5 Å². The van der Waals surface area contributed by atoms with Crippen molar-refractivity contribution in [3.63, 3.8) is 0 Å². The molecule has 0 spiro atoms. The largest absolute Gasteiger partial charge is 0.313 e. The Labute approximate surface area is 124 Å². The zero-order valence-corrected chi connectivity index (χ0v) is 12.9. The molecule has 0 atom stereocenters. The fraction of sp³-hybridized carbons (Fsp3) is 0.529. The summed E-state index contributed by atoms with van der Waals surface area (Å²) in [5, 5.41) is 3.46. The van der Waals surface area contributed by atoms with Gasteiger partial charge in [0.2, 0.25) is 0 Å². The Bertz CT molecular complexity index is 308. The van der Waals surface area contributed by atoms with E-state index in [1.165, 1.54) is 44.1 Å². The van der Waals surface area contributed by atoms with Gasteiger partial charge in [-0.15, -0.1) is 12.4 Å². The van der Waals surface area contributed by atoms with E-state index in [9.17, 15) is 0 Å². The van der Waals surface area contributed by atoms with Crippen molar-refractivity contribution < 1.29 is 0 Å². The summed E-state index contributed by atoms with van der Waals surface area (Å²) >= 11 is 0. The molecule has 0 amide bonds. The smallest absolute Gasteiger partial charge is 0.0138 e. The first kappa shape index (κ1) is 18.2. The van der Waals surface area contributed by atoms with Crippen molar-refractivity contribution in [3.8, 4) is 0 Å². The van der Waals surface area contributed by atoms with E-state index >= 15 is 0 Å². The van der Waals surface area contributed by atoms with Crippen LogP contribution in [0.25, 0.3) is 6.08 Å². The number of benzene rings is 1. The first-order valence-corrected chi connectivity index (χ1v) is 7.36. The molecular formula is C17H28ClN. The van der Waals surface area contributed by atoms with Gasteiger partial charge in [-0.2, -0.15) is 0 Å². The quantitative estimate of drug-likeness (QED) is 0.590. The molecule has 1 nitrogen and oxygen atoms in total. The average molecular weight is 282 g/mol. The lowest BCUT2D eigenvalue weighted by molar-refractivity contribution is 0.585. The number of halogens is 1. The highest BCUT2D eigenvalue weighted by atomic mass is 35.5. The van der Waals surface area contributed by atoms with E-state index in [-0.39, 0.29) is 12.4 Å². The maximum Gasteiger partial charge on any atom is 0.0138 e. The molecule has 0 heterocycles. The van der Waals surface area contributed by atoms with E-state index in [1.54, 1.807) is 0 Å². The second-order valence-corrected chi connectivity index (χ2v) is 4.78. The maximum atomic E-state index is 3.46. The van der Waals surface area contributed by atoms with Crippen molar-refractivity contribution in [3.05, 3.63) is 42.0 Å². The maximum absolute atomic E-state index is 3.46. The van der Waals surface area contributed by atoms with Crippen LogP contribution in [0.1, 0.15) is 51.0 Å². The van der Waals surface area contributed by atoms with E-state index in [2.05, 4.69) is 48.7 Å². The summed E-state index contributed by atoms with van der Waals surface area (Å²) in [4.78, 5) is 0. The van der Waals surface area contributed by atoms with E-state index in [4.69, 9.17) is 0 Å². The number of unbranched alkanes of at least 4 members (excludes halogenated alkanes) is 5. The molecule has 0 fully saturated rings. The monoisotopic (exact) mass is 281 g/mol. The van der Waals surface area contributed by atoms with E-state index in [1.807, 2.05) is 6.07 Å². The Hall–Kier alpha value is -0.790. The summed E-state index contributed by atoms with van der Waals surface area (Å²) < 4.78 is 0. The van der Waals surface area contributed by atoms with Crippen LogP contribution in [0, 0.1) is 0 Å². The van der Waals surface area contributed by atoms with Crippen molar-refractivity contribution in [1.29, 1.82) is 0 Å². The average Bonchev–Trinajstić information content (AvgIpc) is 2.42. The molecule has 1 N–H and O–H groups in total. The van der Waals surface area contributed by atoms with Crippen molar-refractivity contribution in [2.24, 2.45) is 0 Å². The van der Waals surface area contributed by atoms with Crippen LogP contribution in [0.3, 0.4) is 0 Å². The summed E-state index contributed by atoms with van der Waals surface area (Å²) in [6, 6.07) is 10.5. The molecule has 0 radical (unpaired) electrons. The molecule has 1 aromatic carbocycles. The predicted molar refractivity (Wildman–Crippen MR) is 89.0 cm³/mol. The normalized spacial score (nSPS) is 10.6. The summed E-state index contributed by atoms with van der Waals surface area (Å²) in [5.41, 5.74) is 1.28. The van der Waals surface area contributed by atoms with Crippen LogP contribution in [-0.4, -0.2) is 13.1 Å². The van der Waals surface area contributed by atoms with Gasteiger partial charge in [0.15, 0.2) is 0 Å². The van der Waals surface area contributed by atoms with Crippen LogP contribution in [0.2, 0.25) is 0 Å². The number of hydrogen-bond donors (Lipinski definition) is 1. The van der Waals surface area contributed by atoms with E-state index in [0.717, 1.165) is 13.1 Å². The van der Waals surface area contributed by atoms with Crippen LogP contribution in [0.5, 0.6) is 0 Å². The van der Waals surface area contributed by atoms with Gasteiger partial charge in [-0.3, -0.25) is 0 Å². The minimum absolute atomic E-state index is 0. The minimum atomic E-state index is 0. The molecule has 0 aromatic heterocycles. The molecule has 2 heteroatoms. The summed E-state index contributed by atoms with van der Waals surface area (Å²) in [6.07, 6.45) is 12.6. The fourth-order valence-corrected chi connectivity index (χ4v) is 1.97. The standard InChI is InChI=1S/C17H27N.ClH/c1-2-3-4-5-6-10-15-18-16-11-14-17-12-8-7-9-13-17;/h7-9,11-14,18H,2-6,10,15-16H2,1H3;1H/b14-11+;. The van der Waals surface area contributed by atoms with Gasteiger partial charge in [0, 0.05) is 6.54 Å². The van der Waals surface area contributed by atoms with Crippen LogP contribution >= 0.6 is 12.4 Å². The van der Waals surface area contributed by atoms with Gasteiger partial charge in [-0.25, -0.2) is 0 Å². The highest BCUT2D eigenvalue weighted by Gasteiger charge is 1.89. The molecule has 0 aliphatic rings. The zero-order chi connectivity index (χ0) is 12.9. The molecule has 0 saturated carbocycles. The Morgan fingerprint density at radius 1 is 0.947 bits per heavy atom. The van der Waals surface area contributed by atoms with Gasteiger partial charge in [-0.1, -0.05) is 81.5 Å². The topological polar surface area (TPSA) is 12.0 Å². The second kappa shape index (κ2) is 13.6. The molecule has 0 aliphatic heterocycles. The SMILES string of the molecule is CCCCCCCCNC/C=C/c1ccccc1.Cl. The number of rotatable bonds is 10. The van der Waals surface area contributed by atoms with Gasteiger partial charge >= 0.3 is 0 Å². The summed E-state index contributed by atoms with van der Waals surface area (Å²) in [7, 11) is 0. The first-order chi connectivity index (χ1) is 8.93. The number of nitrogens with one attached hydrogen (secondary N) is 1. The summed E-state index contributed by atoms with van der Waals surface area (Å²) in [6.45, 7) is 4.38. The Balaban J connectivity index is 0.00000324. The van der Waals surface area contributed by atoms with Crippen LogP contribution in [0.15, 0.2) is 36.4 Å². The van der Waals surface area contributed by atoms with Crippen LogP contribution in [0.4, 0.5) is 0 Å². The number of hydrogen-bond acceptors (Lipinski definition) is 1. The molecule has 0 bridgehead atoms. The molecule has 19 heavy (non-hydrogen) atoms. The lowest BCUT2D eigenvalue weighted by Gasteiger charge is -2.01. The molecule has 1 aromatic rings. The molecule has 0 aliphatic carbocycles. The second-order valence-electron chi connectivity index (χ2n) is 4.78. The lowest BCUT2D eigenvalue weighted by Crippen LogP contribution is -2.14. The third-order valence-electron chi connectivity index (χ3n) is 3.08. The van der Waals surface area contributed by atoms with Gasteiger partial charge in [0.25, 0.3) is 0 Å². The van der Waals surface area contributed by atoms with E-state index < -0.39 is 0 Å². The third-order valence-corrected chi connectivity index (χ3v) is 3.08. The van der Waals surface area contributed by atoms with Gasteiger partial charge in [0.1, 0.15) is 0 Å². The highest BCUT2D eigenvalue weighted by Crippen LogP contribution is 2.04. The van der Waals surface area contributed by atoms with Crippen molar-refractivity contribution in [2.45, 2.75) is 45.4 Å². The Kier molecular flexibility index (Phi) is 13.1. The van der Waals surface area contributed by atoms with E-state index in [0.29, 0.717) is 0 Å².